The Bertz CT molecular complexity index is 376. The van der Waals surface area contributed by atoms with Crippen LogP contribution in [0.3, 0.4) is 0 Å². The number of carboxylic acids is 1. The van der Waals surface area contributed by atoms with Crippen molar-refractivity contribution < 1.29 is 14.3 Å². The van der Waals surface area contributed by atoms with E-state index in [-0.39, 0.29) is 0 Å². The summed E-state index contributed by atoms with van der Waals surface area (Å²) in [6.45, 7) is 2.17. The van der Waals surface area contributed by atoms with Gasteiger partial charge in [0.25, 0.3) is 0 Å². The fourth-order valence-corrected chi connectivity index (χ4v) is 1.53. The van der Waals surface area contributed by atoms with E-state index < -0.39 is 5.97 Å². The number of furan rings is 1. The fraction of sp³-hybridized carbons (Fsp3) is 0.364. The van der Waals surface area contributed by atoms with Crippen molar-refractivity contribution in [3.05, 3.63) is 29.7 Å². The number of carboxylic acid groups (broad SMARTS) is 1. The molecule has 0 bridgehead atoms. The van der Waals surface area contributed by atoms with Crippen LogP contribution in [-0.4, -0.2) is 5.97 Å². The van der Waals surface area contributed by atoms with Crippen LogP contribution in [0.2, 0.25) is 0 Å². The zero-order valence-corrected chi connectivity index (χ0v) is 7.90. The molecule has 3 heteroatoms. The van der Waals surface area contributed by atoms with Gasteiger partial charge in [0.05, 0.1) is 5.97 Å². The molecule has 0 spiro atoms. The second-order valence-corrected chi connectivity index (χ2v) is 3.71. The molecule has 0 radical (unpaired) electrons. The molecule has 0 saturated heterocycles. The summed E-state index contributed by atoms with van der Waals surface area (Å²) in [7, 11) is 0. The lowest BCUT2D eigenvalue weighted by molar-refractivity contribution is -0.297. The van der Waals surface area contributed by atoms with Crippen molar-refractivity contribution in [1.82, 2.24) is 0 Å². The predicted octanol–water partition coefficient (Wildman–Crippen LogP) is 1.17. The van der Waals surface area contributed by atoms with Crippen LogP contribution in [0.15, 0.2) is 22.6 Å². The molecule has 2 rings (SSSR count). The lowest BCUT2D eigenvalue weighted by atomic mass is 10.3. The van der Waals surface area contributed by atoms with Gasteiger partial charge in [0.2, 0.25) is 0 Å². The Morgan fingerprint density at radius 2 is 2.36 bits per heavy atom. The van der Waals surface area contributed by atoms with E-state index in [4.69, 9.17) is 4.42 Å². The molecule has 3 nitrogen and oxygen atoms in total. The van der Waals surface area contributed by atoms with Crippen molar-refractivity contribution in [2.45, 2.75) is 19.3 Å². The van der Waals surface area contributed by atoms with Crippen molar-refractivity contribution >= 4 is 12.0 Å². The molecule has 2 atom stereocenters. The summed E-state index contributed by atoms with van der Waals surface area (Å²) in [5.41, 5.74) is 0. The van der Waals surface area contributed by atoms with E-state index in [2.05, 4.69) is 6.92 Å². The molecule has 1 aromatic heterocycles. The molecule has 1 saturated carbocycles. The van der Waals surface area contributed by atoms with Gasteiger partial charge in [-0.3, -0.25) is 0 Å². The third-order valence-corrected chi connectivity index (χ3v) is 2.51. The van der Waals surface area contributed by atoms with Gasteiger partial charge in [-0.15, -0.1) is 0 Å². The SMILES string of the molecule is C[C@H]1C[C@H]1c1ccc(/C=C/C(=O)[O-])o1. The number of carbonyl (C=O) groups is 1. The molecule has 74 valence electrons. The highest BCUT2D eigenvalue weighted by molar-refractivity contribution is 5.82. The first-order chi connectivity index (χ1) is 6.66. The van der Waals surface area contributed by atoms with Gasteiger partial charge < -0.3 is 14.3 Å². The standard InChI is InChI=1S/C11H12O3/c1-7-6-9(7)10-4-2-8(14-10)3-5-11(12)13/h2-5,7,9H,6H2,1H3,(H,12,13)/p-1/b5-3+/t7-,9+/m0/s1. The Labute approximate surface area is 82.0 Å². The molecule has 0 N–H and O–H groups in total. The highest BCUT2D eigenvalue weighted by Crippen LogP contribution is 2.47. The van der Waals surface area contributed by atoms with Crippen LogP contribution in [0, 0.1) is 5.92 Å². The first-order valence-corrected chi connectivity index (χ1v) is 4.65. The zero-order chi connectivity index (χ0) is 10.1. The van der Waals surface area contributed by atoms with Crippen molar-refractivity contribution in [1.29, 1.82) is 0 Å². The van der Waals surface area contributed by atoms with Crippen LogP contribution in [0.25, 0.3) is 6.08 Å². The molecule has 0 unspecified atom stereocenters. The highest BCUT2D eigenvalue weighted by Gasteiger charge is 2.36. The molecule has 1 heterocycles. The summed E-state index contributed by atoms with van der Waals surface area (Å²) >= 11 is 0. The van der Waals surface area contributed by atoms with E-state index in [0.717, 1.165) is 18.3 Å². The van der Waals surface area contributed by atoms with E-state index >= 15 is 0 Å². The molecular formula is C11H11O3-. The number of rotatable bonds is 3. The third kappa shape index (κ3) is 1.87. The molecule has 0 amide bonds. The number of aliphatic carboxylic acids is 1. The Balaban J connectivity index is 2.06. The summed E-state index contributed by atoms with van der Waals surface area (Å²) in [5, 5.41) is 10.1. The maximum atomic E-state index is 10.1. The molecule has 0 aliphatic heterocycles. The van der Waals surface area contributed by atoms with Gasteiger partial charge in [0.1, 0.15) is 11.5 Å². The second kappa shape index (κ2) is 3.33. The van der Waals surface area contributed by atoms with E-state index in [9.17, 15) is 9.90 Å². The van der Waals surface area contributed by atoms with E-state index in [1.807, 2.05) is 6.07 Å². The Morgan fingerprint density at radius 1 is 1.64 bits per heavy atom. The molecule has 0 aromatic carbocycles. The maximum Gasteiger partial charge on any atom is 0.127 e. The van der Waals surface area contributed by atoms with Crippen molar-refractivity contribution in [3.63, 3.8) is 0 Å². The van der Waals surface area contributed by atoms with Crippen molar-refractivity contribution in [2.75, 3.05) is 0 Å². The minimum absolute atomic E-state index is 0.528. The molecule has 1 aliphatic rings. The Morgan fingerprint density at radius 3 is 2.93 bits per heavy atom. The van der Waals surface area contributed by atoms with Gasteiger partial charge in [-0.2, -0.15) is 0 Å². The van der Waals surface area contributed by atoms with Crippen LogP contribution in [0.5, 0.6) is 0 Å². The number of hydrogen-bond donors (Lipinski definition) is 0. The molecule has 1 fully saturated rings. The van der Waals surface area contributed by atoms with Gasteiger partial charge in [0.15, 0.2) is 0 Å². The first kappa shape index (κ1) is 9.06. The monoisotopic (exact) mass is 191 g/mol. The van der Waals surface area contributed by atoms with Gasteiger partial charge in [-0.25, -0.2) is 0 Å². The van der Waals surface area contributed by atoms with Gasteiger partial charge in [-0.05, 0) is 36.6 Å². The van der Waals surface area contributed by atoms with Gasteiger partial charge in [-0.1, -0.05) is 6.92 Å². The van der Waals surface area contributed by atoms with Crippen LogP contribution >= 0.6 is 0 Å². The quantitative estimate of drug-likeness (QED) is 0.674. The van der Waals surface area contributed by atoms with Crippen LogP contribution < -0.4 is 5.11 Å². The highest BCUT2D eigenvalue weighted by atomic mass is 16.4. The topological polar surface area (TPSA) is 53.3 Å². The maximum absolute atomic E-state index is 10.1. The summed E-state index contributed by atoms with van der Waals surface area (Å²) in [6, 6.07) is 3.68. The summed E-state index contributed by atoms with van der Waals surface area (Å²) < 4.78 is 5.45. The minimum atomic E-state index is -1.21. The smallest absolute Gasteiger partial charge is 0.127 e. The molecule has 1 aliphatic carbocycles. The first-order valence-electron chi connectivity index (χ1n) is 4.65. The van der Waals surface area contributed by atoms with Crippen LogP contribution in [0.1, 0.15) is 30.8 Å². The normalized spacial score (nSPS) is 25.5. The average molecular weight is 191 g/mol. The number of carbonyl (C=O) groups excluding carboxylic acids is 1. The Hall–Kier alpha value is -1.51. The van der Waals surface area contributed by atoms with Crippen molar-refractivity contribution in [3.8, 4) is 0 Å². The van der Waals surface area contributed by atoms with E-state index in [0.29, 0.717) is 17.6 Å². The zero-order valence-electron chi connectivity index (χ0n) is 7.90. The summed E-state index contributed by atoms with van der Waals surface area (Å²) in [4.78, 5) is 10.1. The molecule has 14 heavy (non-hydrogen) atoms. The van der Waals surface area contributed by atoms with Crippen LogP contribution in [-0.2, 0) is 4.79 Å². The largest absolute Gasteiger partial charge is 0.545 e. The summed E-state index contributed by atoms with van der Waals surface area (Å²) in [5.74, 6) is 1.54. The minimum Gasteiger partial charge on any atom is -0.545 e. The number of hydrogen-bond acceptors (Lipinski definition) is 3. The third-order valence-electron chi connectivity index (χ3n) is 2.51. The predicted molar refractivity (Wildman–Crippen MR) is 49.3 cm³/mol. The molecular weight excluding hydrogens is 180 g/mol. The second-order valence-electron chi connectivity index (χ2n) is 3.71. The summed E-state index contributed by atoms with van der Waals surface area (Å²) in [6.07, 6.45) is 3.54. The van der Waals surface area contributed by atoms with E-state index in [1.54, 1.807) is 6.07 Å². The Kier molecular flexibility index (Phi) is 2.15. The fourth-order valence-electron chi connectivity index (χ4n) is 1.53. The average Bonchev–Trinajstić information content (AvgIpc) is 2.68. The van der Waals surface area contributed by atoms with Gasteiger partial charge >= 0.3 is 0 Å². The lowest BCUT2D eigenvalue weighted by Crippen LogP contribution is -2.18. The molecule has 1 aromatic rings. The van der Waals surface area contributed by atoms with E-state index in [1.165, 1.54) is 6.08 Å². The van der Waals surface area contributed by atoms with Crippen LogP contribution in [0.4, 0.5) is 0 Å². The lowest BCUT2D eigenvalue weighted by Gasteiger charge is -1.91. The van der Waals surface area contributed by atoms with Crippen molar-refractivity contribution in [2.24, 2.45) is 5.92 Å². The van der Waals surface area contributed by atoms with Gasteiger partial charge in [0, 0.05) is 5.92 Å².